The second kappa shape index (κ2) is 6.11. The predicted octanol–water partition coefficient (Wildman–Crippen LogP) is 1.36. The van der Waals surface area contributed by atoms with Gasteiger partial charge in [0.25, 0.3) is 0 Å². The Bertz CT molecular complexity index is 546. The van der Waals surface area contributed by atoms with Gasteiger partial charge >= 0.3 is 0 Å². The zero-order valence-electron chi connectivity index (χ0n) is 12.1. The van der Waals surface area contributed by atoms with Gasteiger partial charge in [-0.05, 0) is 38.4 Å². The van der Waals surface area contributed by atoms with Crippen LogP contribution in [0.25, 0.3) is 0 Å². The van der Waals surface area contributed by atoms with E-state index in [-0.39, 0.29) is 12.1 Å². The Hall–Kier alpha value is -0.470. The van der Waals surface area contributed by atoms with Gasteiger partial charge in [-0.2, -0.15) is 0 Å². The first-order valence-corrected chi connectivity index (χ1v) is 9.21. The van der Waals surface area contributed by atoms with Crippen LogP contribution in [0.1, 0.15) is 30.6 Å². The Labute approximate surface area is 125 Å². The maximum atomic E-state index is 12.4. The third-order valence-electron chi connectivity index (χ3n) is 4.25. The standard InChI is InChI=1S/C13H23N3O2S2/c1-16(2)13(6-3-4-7-13)10-15-20(17,18)12-5-8-19-11(12)9-14/h5,8,15H,3-4,6-7,9-10,14H2,1-2H3. The van der Waals surface area contributed by atoms with E-state index in [4.69, 9.17) is 5.73 Å². The third-order valence-corrected chi connectivity index (χ3v) is 6.81. The minimum absolute atomic E-state index is 0.0496. The van der Waals surface area contributed by atoms with Crippen molar-refractivity contribution >= 4 is 21.4 Å². The third kappa shape index (κ3) is 3.07. The molecule has 5 nitrogen and oxygen atoms in total. The van der Waals surface area contributed by atoms with Crippen LogP contribution < -0.4 is 10.5 Å². The SMILES string of the molecule is CN(C)C1(CNS(=O)(=O)c2ccsc2CN)CCCC1. The van der Waals surface area contributed by atoms with Crippen molar-refractivity contribution < 1.29 is 8.42 Å². The van der Waals surface area contributed by atoms with Crippen molar-refractivity contribution in [3.8, 4) is 0 Å². The van der Waals surface area contributed by atoms with E-state index in [0.717, 1.165) is 25.7 Å². The highest BCUT2D eigenvalue weighted by Gasteiger charge is 2.37. The average molecular weight is 317 g/mol. The number of rotatable bonds is 6. The fourth-order valence-corrected chi connectivity index (χ4v) is 5.29. The van der Waals surface area contributed by atoms with Gasteiger partial charge in [0, 0.05) is 23.5 Å². The molecule has 0 bridgehead atoms. The molecule has 0 amide bonds. The molecule has 0 radical (unpaired) electrons. The van der Waals surface area contributed by atoms with Gasteiger partial charge in [0.1, 0.15) is 0 Å². The molecule has 0 aromatic carbocycles. The molecule has 1 aliphatic rings. The largest absolute Gasteiger partial charge is 0.326 e. The molecule has 114 valence electrons. The van der Waals surface area contributed by atoms with Crippen molar-refractivity contribution in [2.75, 3.05) is 20.6 Å². The lowest BCUT2D eigenvalue weighted by Crippen LogP contribution is -2.50. The molecule has 1 heterocycles. The average Bonchev–Trinajstić information content (AvgIpc) is 3.06. The Morgan fingerprint density at radius 2 is 2.05 bits per heavy atom. The van der Waals surface area contributed by atoms with E-state index in [1.165, 1.54) is 11.3 Å². The van der Waals surface area contributed by atoms with E-state index in [2.05, 4.69) is 9.62 Å². The fourth-order valence-electron chi connectivity index (χ4n) is 2.84. The molecule has 1 aromatic rings. The minimum Gasteiger partial charge on any atom is -0.326 e. The van der Waals surface area contributed by atoms with Crippen molar-refractivity contribution in [1.29, 1.82) is 0 Å². The summed E-state index contributed by atoms with van der Waals surface area (Å²) in [5.74, 6) is 0. The lowest BCUT2D eigenvalue weighted by Gasteiger charge is -2.36. The number of likely N-dealkylation sites (N-methyl/N-ethyl adjacent to an activating group) is 1. The van der Waals surface area contributed by atoms with E-state index in [1.54, 1.807) is 11.4 Å². The van der Waals surface area contributed by atoms with Crippen LogP contribution in [0, 0.1) is 0 Å². The van der Waals surface area contributed by atoms with Crippen LogP contribution in [0.2, 0.25) is 0 Å². The van der Waals surface area contributed by atoms with E-state index in [9.17, 15) is 8.42 Å². The highest BCUT2D eigenvalue weighted by atomic mass is 32.2. The van der Waals surface area contributed by atoms with Crippen LogP contribution in [-0.2, 0) is 16.6 Å². The van der Waals surface area contributed by atoms with E-state index in [1.807, 2.05) is 14.1 Å². The summed E-state index contributed by atoms with van der Waals surface area (Å²) in [5.41, 5.74) is 5.54. The quantitative estimate of drug-likeness (QED) is 0.831. The number of nitrogens with two attached hydrogens (primary N) is 1. The van der Waals surface area contributed by atoms with Gasteiger partial charge in [-0.15, -0.1) is 11.3 Å². The highest BCUT2D eigenvalue weighted by molar-refractivity contribution is 7.89. The summed E-state index contributed by atoms with van der Waals surface area (Å²) < 4.78 is 27.6. The molecule has 1 aliphatic carbocycles. The van der Waals surface area contributed by atoms with Gasteiger partial charge in [-0.1, -0.05) is 12.8 Å². The maximum absolute atomic E-state index is 12.4. The van der Waals surface area contributed by atoms with Crippen LogP contribution in [0.3, 0.4) is 0 Å². The van der Waals surface area contributed by atoms with Crippen molar-refractivity contribution in [1.82, 2.24) is 9.62 Å². The van der Waals surface area contributed by atoms with Gasteiger partial charge in [0.05, 0.1) is 4.90 Å². The number of nitrogens with one attached hydrogen (secondary N) is 1. The summed E-state index contributed by atoms with van der Waals surface area (Å²) >= 11 is 1.39. The molecular weight excluding hydrogens is 294 g/mol. The lowest BCUT2D eigenvalue weighted by atomic mass is 9.97. The van der Waals surface area contributed by atoms with Gasteiger partial charge < -0.3 is 10.6 Å². The summed E-state index contributed by atoms with van der Waals surface area (Å²) in [6.07, 6.45) is 4.39. The van der Waals surface area contributed by atoms with E-state index < -0.39 is 10.0 Å². The molecule has 3 N–H and O–H groups in total. The summed E-state index contributed by atoms with van der Waals surface area (Å²) in [6, 6.07) is 1.63. The first-order valence-electron chi connectivity index (χ1n) is 6.85. The van der Waals surface area contributed by atoms with E-state index >= 15 is 0 Å². The Kier molecular flexibility index (Phi) is 4.86. The van der Waals surface area contributed by atoms with Crippen LogP contribution in [-0.4, -0.2) is 39.5 Å². The summed E-state index contributed by atoms with van der Waals surface area (Å²) in [4.78, 5) is 3.19. The second-order valence-corrected chi connectivity index (χ2v) is 8.30. The topological polar surface area (TPSA) is 75.4 Å². The second-order valence-electron chi connectivity index (χ2n) is 5.56. The zero-order valence-corrected chi connectivity index (χ0v) is 13.7. The molecule has 1 saturated carbocycles. The monoisotopic (exact) mass is 317 g/mol. The van der Waals surface area contributed by atoms with Gasteiger partial charge in [0.2, 0.25) is 10.0 Å². The number of hydrogen-bond acceptors (Lipinski definition) is 5. The molecule has 7 heteroatoms. The first-order chi connectivity index (χ1) is 9.41. The molecule has 0 aliphatic heterocycles. The molecule has 1 aromatic heterocycles. The number of nitrogens with zero attached hydrogens (tertiary/aromatic N) is 1. The van der Waals surface area contributed by atoms with Gasteiger partial charge in [0.15, 0.2) is 0 Å². The summed E-state index contributed by atoms with van der Waals surface area (Å²) in [7, 11) is 0.582. The normalized spacial score (nSPS) is 18.8. The molecule has 0 atom stereocenters. The smallest absolute Gasteiger partial charge is 0.241 e. The summed E-state index contributed by atoms with van der Waals surface area (Å²) in [6.45, 7) is 0.717. The van der Waals surface area contributed by atoms with Crippen LogP contribution in [0.4, 0.5) is 0 Å². The molecule has 2 rings (SSSR count). The number of thiophene rings is 1. The lowest BCUT2D eigenvalue weighted by molar-refractivity contribution is 0.162. The Morgan fingerprint density at radius 1 is 1.40 bits per heavy atom. The number of sulfonamides is 1. The molecular formula is C13H23N3O2S2. The van der Waals surface area contributed by atoms with Crippen molar-refractivity contribution in [2.45, 2.75) is 42.7 Å². The van der Waals surface area contributed by atoms with Crippen molar-refractivity contribution in [2.24, 2.45) is 5.73 Å². The van der Waals surface area contributed by atoms with Crippen LogP contribution in [0.5, 0.6) is 0 Å². The van der Waals surface area contributed by atoms with Gasteiger partial charge in [-0.25, -0.2) is 13.1 Å². The minimum atomic E-state index is -3.47. The zero-order chi connectivity index (χ0) is 14.8. The van der Waals surface area contributed by atoms with Crippen LogP contribution in [0.15, 0.2) is 16.3 Å². The maximum Gasteiger partial charge on any atom is 0.241 e. The fraction of sp³-hybridized carbons (Fsp3) is 0.692. The number of hydrogen-bond donors (Lipinski definition) is 2. The molecule has 20 heavy (non-hydrogen) atoms. The summed E-state index contributed by atoms with van der Waals surface area (Å²) in [5, 5.41) is 1.77. The molecule has 0 unspecified atom stereocenters. The first kappa shape index (κ1) is 15.9. The predicted molar refractivity (Wildman–Crippen MR) is 82.3 cm³/mol. The van der Waals surface area contributed by atoms with Crippen LogP contribution >= 0.6 is 11.3 Å². The Balaban J connectivity index is 2.13. The van der Waals surface area contributed by atoms with E-state index in [0.29, 0.717) is 16.3 Å². The van der Waals surface area contributed by atoms with Gasteiger partial charge in [-0.3, -0.25) is 0 Å². The highest BCUT2D eigenvalue weighted by Crippen LogP contribution is 2.33. The molecule has 1 fully saturated rings. The molecule has 0 spiro atoms. The molecule has 0 saturated heterocycles. The Morgan fingerprint density at radius 3 is 2.60 bits per heavy atom. The van der Waals surface area contributed by atoms with Crippen molar-refractivity contribution in [3.05, 3.63) is 16.3 Å². The van der Waals surface area contributed by atoms with Crippen molar-refractivity contribution in [3.63, 3.8) is 0 Å².